The summed E-state index contributed by atoms with van der Waals surface area (Å²) in [6, 6.07) is 0. The summed E-state index contributed by atoms with van der Waals surface area (Å²) in [5.41, 5.74) is 0.336. The molecule has 0 aromatic carbocycles. The van der Waals surface area contributed by atoms with E-state index in [9.17, 15) is 17.6 Å². The van der Waals surface area contributed by atoms with Gasteiger partial charge >= 0.3 is 6.18 Å². The smallest absolute Gasteiger partial charge is 0.446 e. The molecule has 0 atom stereocenters. The standard InChI is InChI=1S/C11H14F4O/c1-2-7-16-9(8-5-3-4-6-8)10(12)11(13,14)15/h5H,2-4,6-7H2,1H3. The van der Waals surface area contributed by atoms with E-state index in [4.69, 9.17) is 4.74 Å². The molecule has 5 heteroatoms. The molecule has 1 rings (SSSR count). The molecule has 0 aromatic heterocycles. The van der Waals surface area contributed by atoms with Gasteiger partial charge in [-0.2, -0.15) is 17.6 Å². The van der Waals surface area contributed by atoms with Gasteiger partial charge in [-0.25, -0.2) is 0 Å². The lowest BCUT2D eigenvalue weighted by atomic mass is 10.2. The van der Waals surface area contributed by atoms with E-state index in [1.807, 2.05) is 0 Å². The van der Waals surface area contributed by atoms with Crippen LogP contribution in [0.15, 0.2) is 23.2 Å². The number of hydrogen-bond donors (Lipinski definition) is 0. The van der Waals surface area contributed by atoms with Gasteiger partial charge in [0, 0.05) is 0 Å². The minimum Gasteiger partial charge on any atom is -0.490 e. The summed E-state index contributed by atoms with van der Waals surface area (Å²) in [7, 11) is 0. The summed E-state index contributed by atoms with van der Waals surface area (Å²) >= 11 is 0. The van der Waals surface area contributed by atoms with Crippen LogP contribution in [0.1, 0.15) is 32.6 Å². The number of ether oxygens (including phenoxy) is 1. The van der Waals surface area contributed by atoms with Crippen molar-refractivity contribution in [3.8, 4) is 0 Å². The fourth-order valence-electron chi connectivity index (χ4n) is 1.51. The fraction of sp³-hybridized carbons (Fsp3) is 0.636. The SMILES string of the molecule is CCCOC(C1=CCCC1)=C(F)C(F)(F)F. The second-order valence-corrected chi connectivity index (χ2v) is 3.61. The van der Waals surface area contributed by atoms with Crippen molar-refractivity contribution in [3.63, 3.8) is 0 Å². The van der Waals surface area contributed by atoms with Gasteiger partial charge in [-0.05, 0) is 31.3 Å². The summed E-state index contributed by atoms with van der Waals surface area (Å²) in [6.07, 6.45) is -0.938. The van der Waals surface area contributed by atoms with Crippen molar-refractivity contribution in [1.82, 2.24) is 0 Å². The summed E-state index contributed by atoms with van der Waals surface area (Å²) < 4.78 is 54.7. The maximum atomic E-state index is 13.1. The molecular weight excluding hydrogens is 224 g/mol. The Morgan fingerprint density at radius 2 is 2.12 bits per heavy atom. The highest BCUT2D eigenvalue weighted by Gasteiger charge is 2.39. The molecule has 1 aliphatic carbocycles. The van der Waals surface area contributed by atoms with Gasteiger partial charge in [-0.3, -0.25) is 0 Å². The lowest BCUT2D eigenvalue weighted by molar-refractivity contribution is -0.113. The molecule has 0 aliphatic heterocycles. The zero-order chi connectivity index (χ0) is 12.2. The molecule has 1 nitrogen and oxygen atoms in total. The molecule has 92 valence electrons. The molecule has 0 heterocycles. The molecule has 0 amide bonds. The van der Waals surface area contributed by atoms with Gasteiger partial charge in [0.1, 0.15) is 0 Å². The topological polar surface area (TPSA) is 9.23 Å². The van der Waals surface area contributed by atoms with E-state index < -0.39 is 17.8 Å². The Morgan fingerprint density at radius 3 is 2.56 bits per heavy atom. The first-order valence-electron chi connectivity index (χ1n) is 5.26. The maximum absolute atomic E-state index is 13.1. The van der Waals surface area contributed by atoms with Crippen molar-refractivity contribution in [2.75, 3.05) is 6.61 Å². The lowest BCUT2D eigenvalue weighted by Gasteiger charge is -2.14. The molecule has 0 bridgehead atoms. The molecule has 0 saturated carbocycles. The number of halogens is 4. The number of allylic oxidation sites excluding steroid dienone is 3. The molecule has 16 heavy (non-hydrogen) atoms. The third kappa shape index (κ3) is 3.25. The molecule has 0 saturated heterocycles. The summed E-state index contributed by atoms with van der Waals surface area (Å²) in [6.45, 7) is 1.85. The van der Waals surface area contributed by atoms with Crippen LogP contribution in [-0.4, -0.2) is 12.8 Å². The molecule has 0 radical (unpaired) electrons. The van der Waals surface area contributed by atoms with Crippen molar-refractivity contribution in [3.05, 3.63) is 23.2 Å². The Bertz CT molecular complexity index is 302. The van der Waals surface area contributed by atoms with Gasteiger partial charge < -0.3 is 4.74 Å². The van der Waals surface area contributed by atoms with Crippen LogP contribution in [-0.2, 0) is 4.74 Å². The quantitative estimate of drug-likeness (QED) is 0.525. The second kappa shape index (κ2) is 5.37. The van der Waals surface area contributed by atoms with Crippen LogP contribution in [0.25, 0.3) is 0 Å². The summed E-state index contributed by atoms with van der Waals surface area (Å²) in [4.78, 5) is 0. The Hall–Kier alpha value is -1.00. The molecule has 0 unspecified atom stereocenters. The van der Waals surface area contributed by atoms with Crippen LogP contribution < -0.4 is 0 Å². The Morgan fingerprint density at radius 1 is 1.44 bits per heavy atom. The number of alkyl halides is 3. The Balaban J connectivity index is 2.94. The van der Waals surface area contributed by atoms with Crippen molar-refractivity contribution >= 4 is 0 Å². The van der Waals surface area contributed by atoms with Crippen molar-refractivity contribution < 1.29 is 22.3 Å². The molecule has 1 aliphatic rings. The fourth-order valence-corrected chi connectivity index (χ4v) is 1.51. The van der Waals surface area contributed by atoms with Gasteiger partial charge in [0.2, 0.25) is 5.83 Å². The summed E-state index contributed by atoms with van der Waals surface area (Å²) in [5.74, 6) is -2.74. The monoisotopic (exact) mass is 238 g/mol. The molecule has 0 spiro atoms. The molecule has 0 fully saturated rings. The highest BCUT2D eigenvalue weighted by Crippen LogP contribution is 2.35. The minimum atomic E-state index is -4.97. The van der Waals surface area contributed by atoms with Crippen molar-refractivity contribution in [2.45, 2.75) is 38.8 Å². The van der Waals surface area contributed by atoms with Crippen LogP contribution in [0.3, 0.4) is 0 Å². The Kier molecular flexibility index (Phi) is 4.38. The molecular formula is C11H14F4O. The first-order chi connectivity index (χ1) is 7.46. The van der Waals surface area contributed by atoms with Gasteiger partial charge in [0.15, 0.2) is 5.76 Å². The third-order valence-corrected chi connectivity index (χ3v) is 2.23. The zero-order valence-electron chi connectivity index (χ0n) is 9.03. The van der Waals surface area contributed by atoms with Gasteiger partial charge in [-0.15, -0.1) is 0 Å². The zero-order valence-corrected chi connectivity index (χ0v) is 9.03. The third-order valence-electron chi connectivity index (χ3n) is 2.23. The Labute approximate surface area is 91.8 Å². The lowest BCUT2D eigenvalue weighted by Crippen LogP contribution is -2.13. The highest BCUT2D eigenvalue weighted by molar-refractivity contribution is 5.32. The molecule has 0 N–H and O–H groups in total. The first-order valence-corrected chi connectivity index (χ1v) is 5.26. The van der Waals surface area contributed by atoms with Crippen LogP contribution in [0.5, 0.6) is 0 Å². The predicted octanol–water partition coefficient (Wildman–Crippen LogP) is 4.27. The van der Waals surface area contributed by atoms with Gasteiger partial charge in [0.25, 0.3) is 0 Å². The van der Waals surface area contributed by atoms with Crippen LogP contribution >= 0.6 is 0 Å². The number of rotatable bonds is 4. The average Bonchev–Trinajstić information content (AvgIpc) is 2.70. The van der Waals surface area contributed by atoms with Gasteiger partial charge in [-0.1, -0.05) is 13.0 Å². The van der Waals surface area contributed by atoms with Crippen LogP contribution in [0.2, 0.25) is 0 Å². The van der Waals surface area contributed by atoms with E-state index in [0.29, 0.717) is 24.8 Å². The van der Waals surface area contributed by atoms with Crippen LogP contribution in [0.4, 0.5) is 17.6 Å². The highest BCUT2D eigenvalue weighted by atomic mass is 19.4. The van der Waals surface area contributed by atoms with E-state index >= 15 is 0 Å². The van der Waals surface area contributed by atoms with E-state index in [1.165, 1.54) is 0 Å². The second-order valence-electron chi connectivity index (χ2n) is 3.61. The summed E-state index contributed by atoms with van der Waals surface area (Å²) in [5, 5.41) is 0. The predicted molar refractivity (Wildman–Crippen MR) is 52.4 cm³/mol. The van der Waals surface area contributed by atoms with Gasteiger partial charge in [0.05, 0.1) is 6.61 Å². The van der Waals surface area contributed by atoms with E-state index in [1.54, 1.807) is 13.0 Å². The first kappa shape index (κ1) is 13.1. The van der Waals surface area contributed by atoms with Crippen molar-refractivity contribution in [1.29, 1.82) is 0 Å². The largest absolute Gasteiger partial charge is 0.490 e. The van der Waals surface area contributed by atoms with Crippen molar-refractivity contribution in [2.24, 2.45) is 0 Å². The number of hydrogen-bond acceptors (Lipinski definition) is 1. The van der Waals surface area contributed by atoms with E-state index in [-0.39, 0.29) is 6.61 Å². The van der Waals surface area contributed by atoms with E-state index in [0.717, 1.165) is 6.42 Å². The maximum Gasteiger partial charge on any atom is 0.446 e. The minimum absolute atomic E-state index is 0.0934. The average molecular weight is 238 g/mol. The normalized spacial score (nSPS) is 18.2. The van der Waals surface area contributed by atoms with E-state index in [2.05, 4.69) is 0 Å². The van der Waals surface area contributed by atoms with Crippen LogP contribution in [0, 0.1) is 0 Å². The molecule has 0 aromatic rings.